The zero-order valence-electron chi connectivity index (χ0n) is 15.7. The highest BCUT2D eigenvalue weighted by atomic mass is 16.5. The minimum Gasteiger partial charge on any atom is -0.497 e. The smallest absolute Gasteiger partial charge is 0.241 e. The van der Waals surface area contributed by atoms with Crippen LogP contribution in [0.4, 0.5) is 5.69 Å². The van der Waals surface area contributed by atoms with E-state index in [4.69, 9.17) is 4.74 Å². The third-order valence-corrected chi connectivity index (χ3v) is 4.65. The molecule has 0 atom stereocenters. The van der Waals surface area contributed by atoms with Gasteiger partial charge in [0.05, 0.1) is 13.3 Å². The fraction of sp³-hybridized carbons (Fsp3) is 0.333. The Morgan fingerprint density at radius 1 is 1.11 bits per heavy atom. The summed E-state index contributed by atoms with van der Waals surface area (Å²) in [4.78, 5) is 16.7. The summed E-state index contributed by atoms with van der Waals surface area (Å²) in [5, 5.41) is 4.03. The van der Waals surface area contributed by atoms with Crippen molar-refractivity contribution in [1.82, 2.24) is 10.3 Å². The molecule has 0 aliphatic carbocycles. The Labute approximate surface area is 160 Å². The summed E-state index contributed by atoms with van der Waals surface area (Å²) in [5.74, 6) is 0.694. The summed E-state index contributed by atoms with van der Waals surface area (Å²) in [6, 6.07) is 18.0. The van der Waals surface area contributed by atoms with Gasteiger partial charge >= 0.3 is 0 Å². The monoisotopic (exact) mass is 366 g/mol. The average molecular weight is 366 g/mol. The van der Waals surface area contributed by atoms with Crippen LogP contribution in [-0.4, -0.2) is 56.9 Å². The van der Waals surface area contributed by atoms with Gasteiger partial charge in [-0.3, -0.25) is 9.69 Å². The standard InChI is InChI=1S/C21H26N4O2/c1-27-20-9-5-6-18(16-20)17-22-23-21(26)10-11-24-12-14-25(15-13-24)19-7-3-2-4-8-19/h2-9,16-17H,10-15H2,1H3,(H,23,26). The van der Waals surface area contributed by atoms with Gasteiger partial charge in [-0.25, -0.2) is 5.43 Å². The van der Waals surface area contributed by atoms with E-state index in [1.54, 1.807) is 13.3 Å². The summed E-state index contributed by atoms with van der Waals surface area (Å²) in [7, 11) is 1.62. The van der Waals surface area contributed by atoms with Gasteiger partial charge in [-0.15, -0.1) is 0 Å². The van der Waals surface area contributed by atoms with Crippen molar-refractivity contribution in [2.45, 2.75) is 6.42 Å². The number of carbonyl (C=O) groups excluding carboxylic acids is 1. The van der Waals surface area contributed by atoms with Crippen molar-refractivity contribution in [2.75, 3.05) is 44.7 Å². The van der Waals surface area contributed by atoms with Crippen LogP contribution in [0.5, 0.6) is 5.75 Å². The van der Waals surface area contributed by atoms with Gasteiger partial charge in [0.1, 0.15) is 5.75 Å². The minimum absolute atomic E-state index is 0.0698. The van der Waals surface area contributed by atoms with Gasteiger partial charge in [-0.2, -0.15) is 5.10 Å². The second-order valence-corrected chi connectivity index (χ2v) is 6.48. The molecule has 0 bridgehead atoms. The molecule has 6 heteroatoms. The number of hydrazone groups is 1. The summed E-state index contributed by atoms with van der Waals surface area (Å²) < 4.78 is 5.17. The van der Waals surface area contributed by atoms with E-state index in [0.717, 1.165) is 44.0 Å². The molecule has 1 N–H and O–H groups in total. The lowest BCUT2D eigenvalue weighted by Crippen LogP contribution is -2.47. The van der Waals surface area contributed by atoms with Gasteiger partial charge in [-0.1, -0.05) is 30.3 Å². The molecule has 1 saturated heterocycles. The van der Waals surface area contributed by atoms with E-state index < -0.39 is 0 Å². The maximum Gasteiger partial charge on any atom is 0.241 e. The first kappa shape index (κ1) is 18.9. The van der Waals surface area contributed by atoms with Crippen LogP contribution >= 0.6 is 0 Å². The van der Waals surface area contributed by atoms with Crippen LogP contribution in [0.3, 0.4) is 0 Å². The first-order valence-electron chi connectivity index (χ1n) is 9.23. The molecule has 2 aromatic rings. The molecule has 1 amide bonds. The highest BCUT2D eigenvalue weighted by molar-refractivity contribution is 5.82. The highest BCUT2D eigenvalue weighted by Gasteiger charge is 2.17. The second kappa shape index (κ2) is 9.73. The molecule has 2 aromatic carbocycles. The Hall–Kier alpha value is -2.86. The van der Waals surface area contributed by atoms with Crippen LogP contribution in [0.15, 0.2) is 59.7 Å². The van der Waals surface area contributed by atoms with E-state index >= 15 is 0 Å². The Morgan fingerprint density at radius 2 is 1.89 bits per heavy atom. The lowest BCUT2D eigenvalue weighted by atomic mass is 10.2. The van der Waals surface area contributed by atoms with Crippen molar-refractivity contribution in [3.63, 3.8) is 0 Å². The number of amides is 1. The van der Waals surface area contributed by atoms with Crippen LogP contribution in [0.2, 0.25) is 0 Å². The summed E-state index contributed by atoms with van der Waals surface area (Å²) in [6.07, 6.45) is 2.07. The zero-order valence-corrected chi connectivity index (χ0v) is 15.7. The van der Waals surface area contributed by atoms with E-state index in [0.29, 0.717) is 6.42 Å². The van der Waals surface area contributed by atoms with Crippen molar-refractivity contribution in [3.05, 3.63) is 60.2 Å². The topological polar surface area (TPSA) is 57.2 Å². The van der Waals surface area contributed by atoms with Gasteiger partial charge in [0, 0.05) is 44.8 Å². The number of methoxy groups -OCH3 is 1. The van der Waals surface area contributed by atoms with Crippen LogP contribution in [0, 0.1) is 0 Å². The van der Waals surface area contributed by atoms with Crippen molar-refractivity contribution >= 4 is 17.8 Å². The molecule has 1 aliphatic heterocycles. The molecular formula is C21H26N4O2. The predicted molar refractivity (Wildman–Crippen MR) is 108 cm³/mol. The number of hydrogen-bond acceptors (Lipinski definition) is 5. The van der Waals surface area contributed by atoms with Gasteiger partial charge in [0.15, 0.2) is 0 Å². The molecule has 27 heavy (non-hydrogen) atoms. The van der Waals surface area contributed by atoms with E-state index in [-0.39, 0.29) is 5.91 Å². The maximum absolute atomic E-state index is 12.0. The number of piperazine rings is 1. The third-order valence-electron chi connectivity index (χ3n) is 4.65. The first-order chi connectivity index (χ1) is 13.2. The van der Waals surface area contributed by atoms with Crippen molar-refractivity contribution < 1.29 is 9.53 Å². The van der Waals surface area contributed by atoms with E-state index in [2.05, 4.69) is 44.6 Å². The summed E-state index contributed by atoms with van der Waals surface area (Å²) in [6.45, 7) is 4.66. The molecule has 0 spiro atoms. The van der Waals surface area contributed by atoms with Gasteiger partial charge in [0.2, 0.25) is 5.91 Å². The number of nitrogens with one attached hydrogen (secondary N) is 1. The molecule has 0 radical (unpaired) electrons. The number of carbonyl (C=O) groups is 1. The van der Waals surface area contributed by atoms with Gasteiger partial charge in [0.25, 0.3) is 0 Å². The van der Waals surface area contributed by atoms with E-state index in [1.807, 2.05) is 30.3 Å². The predicted octanol–water partition coefficient (Wildman–Crippen LogP) is 2.36. The summed E-state index contributed by atoms with van der Waals surface area (Å²) in [5.41, 5.74) is 4.74. The van der Waals surface area contributed by atoms with Crippen LogP contribution in [0.1, 0.15) is 12.0 Å². The van der Waals surface area contributed by atoms with Crippen LogP contribution < -0.4 is 15.1 Å². The molecule has 0 unspecified atom stereocenters. The first-order valence-corrected chi connectivity index (χ1v) is 9.23. The number of para-hydroxylation sites is 1. The average Bonchev–Trinajstić information content (AvgIpc) is 2.73. The molecule has 1 heterocycles. The van der Waals surface area contributed by atoms with E-state index in [9.17, 15) is 4.79 Å². The van der Waals surface area contributed by atoms with Gasteiger partial charge in [-0.05, 0) is 29.8 Å². The number of nitrogens with zero attached hydrogens (tertiary/aromatic N) is 3. The minimum atomic E-state index is -0.0698. The zero-order chi connectivity index (χ0) is 18.9. The number of rotatable bonds is 7. The Kier molecular flexibility index (Phi) is 6.82. The third kappa shape index (κ3) is 5.82. The normalized spacial score (nSPS) is 15.1. The van der Waals surface area contributed by atoms with Crippen molar-refractivity contribution in [2.24, 2.45) is 5.10 Å². The van der Waals surface area contributed by atoms with E-state index in [1.165, 1.54) is 5.69 Å². The Morgan fingerprint density at radius 3 is 2.63 bits per heavy atom. The SMILES string of the molecule is COc1cccc(C=NNC(=O)CCN2CCN(c3ccccc3)CC2)c1. The Bertz CT molecular complexity index is 756. The van der Waals surface area contributed by atoms with Gasteiger partial charge < -0.3 is 9.64 Å². The van der Waals surface area contributed by atoms with Crippen LogP contribution in [-0.2, 0) is 4.79 Å². The van der Waals surface area contributed by atoms with Crippen molar-refractivity contribution in [3.8, 4) is 5.75 Å². The number of benzene rings is 2. The number of ether oxygens (including phenoxy) is 1. The number of anilines is 1. The summed E-state index contributed by atoms with van der Waals surface area (Å²) >= 11 is 0. The Balaban J connectivity index is 1.36. The van der Waals surface area contributed by atoms with Crippen molar-refractivity contribution in [1.29, 1.82) is 0 Å². The molecule has 1 fully saturated rings. The fourth-order valence-corrected chi connectivity index (χ4v) is 3.08. The molecule has 0 aromatic heterocycles. The lowest BCUT2D eigenvalue weighted by molar-refractivity contribution is -0.121. The second-order valence-electron chi connectivity index (χ2n) is 6.48. The molecule has 0 saturated carbocycles. The lowest BCUT2D eigenvalue weighted by Gasteiger charge is -2.36. The highest BCUT2D eigenvalue weighted by Crippen LogP contribution is 2.15. The molecule has 142 valence electrons. The number of hydrogen-bond donors (Lipinski definition) is 1. The molecule has 3 rings (SSSR count). The molecule has 1 aliphatic rings. The quantitative estimate of drug-likeness (QED) is 0.604. The fourth-order valence-electron chi connectivity index (χ4n) is 3.08. The maximum atomic E-state index is 12.0. The largest absolute Gasteiger partial charge is 0.497 e. The molecular weight excluding hydrogens is 340 g/mol. The van der Waals surface area contributed by atoms with Crippen LogP contribution in [0.25, 0.3) is 0 Å². The molecule has 6 nitrogen and oxygen atoms in total.